The number of pyridine rings is 1. The highest BCUT2D eigenvalue weighted by Gasteiger charge is 2.27. The fourth-order valence-electron chi connectivity index (χ4n) is 3.52. The van der Waals surface area contributed by atoms with Gasteiger partial charge in [-0.2, -0.15) is 4.98 Å². The van der Waals surface area contributed by atoms with Crippen molar-refractivity contribution in [1.29, 1.82) is 0 Å². The van der Waals surface area contributed by atoms with E-state index in [0.29, 0.717) is 24.0 Å². The van der Waals surface area contributed by atoms with Crippen molar-refractivity contribution < 1.29 is 14.4 Å². The number of phenolic OH excluding ortho intramolecular Hbond substituents is 1. The third kappa shape index (κ3) is 3.78. The largest absolute Gasteiger partial charge is 0.504 e. The van der Waals surface area contributed by atoms with Crippen LogP contribution in [0.3, 0.4) is 0 Å². The lowest BCUT2D eigenvalue weighted by Crippen LogP contribution is -2.34. The first-order chi connectivity index (χ1) is 13.2. The lowest BCUT2D eigenvalue weighted by molar-refractivity contribution is 0.178. The molecule has 3 heterocycles. The van der Waals surface area contributed by atoms with Gasteiger partial charge in [0, 0.05) is 36.6 Å². The Morgan fingerprint density at radius 3 is 3.04 bits per heavy atom. The number of para-hydroxylation sites is 1. The number of piperidine rings is 1. The van der Waals surface area contributed by atoms with Gasteiger partial charge in [-0.3, -0.25) is 9.88 Å². The molecule has 0 unspecified atom stereocenters. The number of benzene rings is 1. The predicted octanol–water partition coefficient (Wildman–Crippen LogP) is 3.23. The van der Waals surface area contributed by atoms with Crippen LogP contribution in [0.4, 0.5) is 0 Å². The molecule has 140 valence electrons. The fraction of sp³-hybridized carbons (Fsp3) is 0.350. The van der Waals surface area contributed by atoms with Gasteiger partial charge in [0.1, 0.15) is 0 Å². The first-order valence-electron chi connectivity index (χ1n) is 9.06. The van der Waals surface area contributed by atoms with Gasteiger partial charge in [-0.15, -0.1) is 0 Å². The SMILES string of the molecule is COc1cccc(CN2CCC[C@@H](c3nc(-c4cccnc4)no3)C2)c1O. The molecule has 1 atom stereocenters. The van der Waals surface area contributed by atoms with Crippen LogP contribution >= 0.6 is 0 Å². The van der Waals surface area contributed by atoms with Crippen molar-refractivity contribution in [3.8, 4) is 22.9 Å². The minimum absolute atomic E-state index is 0.185. The van der Waals surface area contributed by atoms with Gasteiger partial charge in [0.15, 0.2) is 11.5 Å². The summed E-state index contributed by atoms with van der Waals surface area (Å²) >= 11 is 0. The Kier molecular flexibility index (Phi) is 5.02. The van der Waals surface area contributed by atoms with Gasteiger partial charge in [0.25, 0.3) is 0 Å². The average molecular weight is 366 g/mol. The first kappa shape index (κ1) is 17.5. The van der Waals surface area contributed by atoms with E-state index < -0.39 is 0 Å². The molecule has 27 heavy (non-hydrogen) atoms. The van der Waals surface area contributed by atoms with Crippen molar-refractivity contribution in [3.63, 3.8) is 0 Å². The van der Waals surface area contributed by atoms with Gasteiger partial charge in [-0.05, 0) is 37.6 Å². The maximum atomic E-state index is 10.3. The summed E-state index contributed by atoms with van der Waals surface area (Å²) in [7, 11) is 1.56. The Bertz CT molecular complexity index is 897. The van der Waals surface area contributed by atoms with Crippen LogP contribution < -0.4 is 4.74 Å². The summed E-state index contributed by atoms with van der Waals surface area (Å²) in [6.45, 7) is 2.44. The number of likely N-dealkylation sites (tertiary alicyclic amines) is 1. The molecule has 3 aromatic rings. The van der Waals surface area contributed by atoms with Crippen LogP contribution in [0.2, 0.25) is 0 Å². The molecule has 1 fully saturated rings. The number of methoxy groups -OCH3 is 1. The lowest BCUT2D eigenvalue weighted by Gasteiger charge is -2.31. The number of aromatic hydroxyl groups is 1. The Morgan fingerprint density at radius 1 is 1.30 bits per heavy atom. The van der Waals surface area contributed by atoms with Gasteiger partial charge in [-0.1, -0.05) is 17.3 Å². The quantitative estimate of drug-likeness (QED) is 0.742. The van der Waals surface area contributed by atoms with E-state index in [9.17, 15) is 5.11 Å². The standard InChI is InChI=1S/C20H22N4O3/c1-26-17-8-2-5-15(18(17)25)12-24-10-4-7-16(13-24)20-22-19(23-27-20)14-6-3-9-21-11-14/h2-3,5-6,8-9,11,16,25H,4,7,10,12-13H2,1H3/t16-/m1/s1. The third-order valence-corrected chi connectivity index (χ3v) is 4.91. The molecular weight excluding hydrogens is 344 g/mol. The molecule has 0 aliphatic carbocycles. The molecule has 7 heteroatoms. The van der Waals surface area contributed by atoms with Crippen LogP contribution in [-0.2, 0) is 6.54 Å². The second kappa shape index (κ2) is 7.75. The molecule has 1 aliphatic rings. The number of ether oxygens (including phenoxy) is 1. The normalized spacial score (nSPS) is 17.7. The molecule has 2 aromatic heterocycles. The van der Waals surface area contributed by atoms with Crippen molar-refractivity contribution in [1.82, 2.24) is 20.0 Å². The smallest absolute Gasteiger partial charge is 0.231 e. The molecule has 0 bridgehead atoms. The van der Waals surface area contributed by atoms with Gasteiger partial charge in [0.2, 0.25) is 11.7 Å². The van der Waals surface area contributed by atoms with Gasteiger partial charge >= 0.3 is 0 Å². The zero-order valence-electron chi connectivity index (χ0n) is 15.2. The molecule has 1 N–H and O–H groups in total. The van der Waals surface area contributed by atoms with Crippen LogP contribution in [0.1, 0.15) is 30.2 Å². The van der Waals surface area contributed by atoms with Crippen LogP contribution in [-0.4, -0.2) is 45.3 Å². The topological polar surface area (TPSA) is 84.5 Å². The molecule has 1 aliphatic heterocycles. The highest BCUT2D eigenvalue weighted by molar-refractivity contribution is 5.52. The summed E-state index contributed by atoms with van der Waals surface area (Å²) in [5, 5.41) is 14.4. The van der Waals surface area contributed by atoms with Crippen LogP contribution in [0.25, 0.3) is 11.4 Å². The van der Waals surface area contributed by atoms with Crippen LogP contribution in [0.5, 0.6) is 11.5 Å². The zero-order valence-corrected chi connectivity index (χ0v) is 15.2. The molecule has 0 amide bonds. The summed E-state index contributed by atoms with van der Waals surface area (Å²) < 4.78 is 10.7. The molecule has 4 rings (SSSR count). The first-order valence-corrected chi connectivity index (χ1v) is 9.06. The maximum Gasteiger partial charge on any atom is 0.231 e. The van der Waals surface area contributed by atoms with Crippen molar-refractivity contribution in [2.45, 2.75) is 25.3 Å². The Labute approximate surface area is 157 Å². The van der Waals surface area contributed by atoms with Crippen molar-refractivity contribution in [2.24, 2.45) is 0 Å². The minimum Gasteiger partial charge on any atom is -0.504 e. The van der Waals surface area contributed by atoms with E-state index in [1.54, 1.807) is 25.6 Å². The van der Waals surface area contributed by atoms with Crippen molar-refractivity contribution in [3.05, 3.63) is 54.2 Å². The fourth-order valence-corrected chi connectivity index (χ4v) is 3.52. The molecule has 0 radical (unpaired) electrons. The summed E-state index contributed by atoms with van der Waals surface area (Å²) in [5.74, 6) is 2.12. The zero-order chi connectivity index (χ0) is 18.6. The monoisotopic (exact) mass is 366 g/mol. The van der Waals surface area contributed by atoms with Crippen LogP contribution in [0, 0.1) is 0 Å². The molecule has 1 saturated heterocycles. The number of aromatic nitrogens is 3. The van der Waals surface area contributed by atoms with E-state index >= 15 is 0 Å². The number of hydrogen-bond acceptors (Lipinski definition) is 7. The van der Waals surface area contributed by atoms with E-state index in [1.807, 2.05) is 24.3 Å². The van der Waals surface area contributed by atoms with E-state index in [2.05, 4.69) is 20.0 Å². The van der Waals surface area contributed by atoms with Gasteiger partial charge < -0.3 is 14.4 Å². The van der Waals surface area contributed by atoms with Crippen molar-refractivity contribution in [2.75, 3.05) is 20.2 Å². The van der Waals surface area contributed by atoms with Crippen molar-refractivity contribution >= 4 is 0 Å². The average Bonchev–Trinajstić information content (AvgIpc) is 3.21. The Balaban J connectivity index is 1.47. The molecule has 1 aromatic carbocycles. The van der Waals surface area contributed by atoms with E-state index in [4.69, 9.17) is 9.26 Å². The summed E-state index contributed by atoms with van der Waals surface area (Å²) in [4.78, 5) is 11.0. The van der Waals surface area contributed by atoms with E-state index in [0.717, 1.165) is 37.1 Å². The highest BCUT2D eigenvalue weighted by atomic mass is 16.5. The number of rotatable bonds is 5. The summed E-state index contributed by atoms with van der Waals surface area (Å²) in [6, 6.07) is 9.35. The molecule has 0 saturated carbocycles. The predicted molar refractivity (Wildman–Crippen MR) is 99.4 cm³/mol. The molecule has 7 nitrogen and oxygen atoms in total. The highest BCUT2D eigenvalue weighted by Crippen LogP contribution is 2.33. The van der Waals surface area contributed by atoms with Gasteiger partial charge in [-0.25, -0.2) is 0 Å². The summed E-state index contributed by atoms with van der Waals surface area (Å²) in [5.41, 5.74) is 1.71. The van der Waals surface area contributed by atoms with Crippen LogP contribution in [0.15, 0.2) is 47.2 Å². The van der Waals surface area contributed by atoms with E-state index in [1.165, 1.54) is 0 Å². The Morgan fingerprint density at radius 2 is 2.22 bits per heavy atom. The minimum atomic E-state index is 0.185. The number of hydrogen-bond donors (Lipinski definition) is 1. The third-order valence-electron chi connectivity index (χ3n) is 4.91. The second-order valence-electron chi connectivity index (χ2n) is 6.74. The molecular formula is C20H22N4O3. The lowest BCUT2D eigenvalue weighted by atomic mass is 9.97. The molecule has 0 spiro atoms. The number of phenols is 1. The number of nitrogens with zero attached hydrogens (tertiary/aromatic N) is 4. The van der Waals surface area contributed by atoms with Gasteiger partial charge in [0.05, 0.1) is 13.0 Å². The second-order valence-corrected chi connectivity index (χ2v) is 6.74. The maximum absolute atomic E-state index is 10.3. The Hall–Kier alpha value is -2.93. The van der Waals surface area contributed by atoms with E-state index in [-0.39, 0.29) is 11.7 Å². The summed E-state index contributed by atoms with van der Waals surface area (Å²) in [6.07, 6.45) is 5.50.